The number of fused-ring (bicyclic) bond motifs is 1. The van der Waals surface area contributed by atoms with Gasteiger partial charge in [-0.2, -0.15) is 0 Å². The summed E-state index contributed by atoms with van der Waals surface area (Å²) in [7, 11) is 0. The van der Waals surface area contributed by atoms with Gasteiger partial charge in [0.2, 0.25) is 12.7 Å². The number of cyclic esters (lactones) is 1. The Kier molecular flexibility index (Phi) is 8.01. The summed E-state index contributed by atoms with van der Waals surface area (Å²) >= 11 is 0. The van der Waals surface area contributed by atoms with E-state index in [1.54, 1.807) is 6.08 Å². The molecule has 6 nitrogen and oxygen atoms in total. The predicted molar refractivity (Wildman–Crippen MR) is 128 cm³/mol. The summed E-state index contributed by atoms with van der Waals surface area (Å²) in [5.74, 6) is 1.98. The van der Waals surface area contributed by atoms with Crippen molar-refractivity contribution in [3.63, 3.8) is 0 Å². The first-order valence-electron chi connectivity index (χ1n) is 11.9. The maximum Gasteiger partial charge on any atom is 0.363 e. The Hall–Kier alpha value is -3.28. The Morgan fingerprint density at radius 3 is 2.42 bits per heavy atom. The largest absolute Gasteiger partial charge is 0.494 e. The number of carbonyl (C=O) groups is 1. The van der Waals surface area contributed by atoms with Gasteiger partial charge in [-0.15, -0.1) is 0 Å². The van der Waals surface area contributed by atoms with Crippen LogP contribution in [0.3, 0.4) is 0 Å². The maximum absolute atomic E-state index is 12.3. The van der Waals surface area contributed by atoms with Crippen LogP contribution in [0.4, 0.5) is 0 Å². The Labute approximate surface area is 195 Å². The smallest absolute Gasteiger partial charge is 0.363 e. The number of rotatable bonds is 12. The molecule has 2 aromatic rings. The van der Waals surface area contributed by atoms with Crippen LogP contribution in [-0.2, 0) is 9.53 Å². The number of ether oxygens (including phenoxy) is 4. The van der Waals surface area contributed by atoms with Gasteiger partial charge in [-0.05, 0) is 54.5 Å². The highest BCUT2D eigenvalue weighted by atomic mass is 16.7. The molecule has 2 aromatic carbocycles. The van der Waals surface area contributed by atoms with Crippen LogP contribution in [0.1, 0.15) is 69.4 Å². The van der Waals surface area contributed by atoms with Crippen molar-refractivity contribution in [2.75, 3.05) is 13.4 Å². The third-order valence-electron chi connectivity index (χ3n) is 5.69. The molecule has 33 heavy (non-hydrogen) atoms. The quantitative estimate of drug-likeness (QED) is 0.217. The van der Waals surface area contributed by atoms with E-state index in [-0.39, 0.29) is 12.5 Å². The molecule has 0 aliphatic carbocycles. The van der Waals surface area contributed by atoms with E-state index in [2.05, 4.69) is 11.9 Å². The molecule has 4 rings (SSSR count). The van der Waals surface area contributed by atoms with Crippen LogP contribution in [0.15, 0.2) is 53.2 Å². The van der Waals surface area contributed by atoms with E-state index in [0.717, 1.165) is 23.3 Å². The van der Waals surface area contributed by atoms with Crippen molar-refractivity contribution >= 4 is 17.9 Å². The fraction of sp³-hybridized carbons (Fsp3) is 0.407. The van der Waals surface area contributed by atoms with Gasteiger partial charge in [0.05, 0.1) is 6.61 Å². The van der Waals surface area contributed by atoms with Crippen molar-refractivity contribution in [3.8, 4) is 17.2 Å². The standard InChI is InChI=1S/C27H31NO5/c1-2-3-4-5-6-7-8-9-16-30-22-13-11-21(12-14-22)26-28-23(27(29)33-26)17-20-10-15-24-25(18-20)32-19-31-24/h10-15,17-18H,2-9,16,19H2,1H3/b23-17-. The number of hydrogen-bond acceptors (Lipinski definition) is 6. The fourth-order valence-electron chi connectivity index (χ4n) is 3.81. The number of benzene rings is 2. The molecule has 174 valence electrons. The van der Waals surface area contributed by atoms with Crippen LogP contribution in [0, 0.1) is 0 Å². The summed E-state index contributed by atoms with van der Waals surface area (Å²) in [6, 6.07) is 13.0. The summed E-state index contributed by atoms with van der Waals surface area (Å²) in [5.41, 5.74) is 1.77. The molecule has 0 amide bonds. The fourth-order valence-corrected chi connectivity index (χ4v) is 3.81. The lowest BCUT2D eigenvalue weighted by Crippen LogP contribution is -2.05. The number of esters is 1. The third-order valence-corrected chi connectivity index (χ3v) is 5.69. The van der Waals surface area contributed by atoms with Crippen LogP contribution in [0.2, 0.25) is 0 Å². The van der Waals surface area contributed by atoms with Gasteiger partial charge in [0.25, 0.3) is 0 Å². The molecular formula is C27H31NO5. The number of unbranched alkanes of at least 4 members (excludes halogenated alkanes) is 7. The molecule has 2 aliphatic rings. The lowest BCUT2D eigenvalue weighted by atomic mass is 10.1. The summed E-state index contributed by atoms with van der Waals surface area (Å²) in [5, 5.41) is 0. The molecule has 0 saturated carbocycles. The second-order valence-corrected chi connectivity index (χ2v) is 8.30. The van der Waals surface area contributed by atoms with Gasteiger partial charge in [-0.25, -0.2) is 9.79 Å². The number of nitrogens with zero attached hydrogens (tertiary/aromatic N) is 1. The van der Waals surface area contributed by atoms with Crippen LogP contribution in [0.25, 0.3) is 6.08 Å². The Morgan fingerprint density at radius 2 is 1.64 bits per heavy atom. The third kappa shape index (κ3) is 6.37. The Balaban J connectivity index is 1.26. The Morgan fingerprint density at radius 1 is 0.909 bits per heavy atom. The number of carbonyl (C=O) groups excluding carboxylic acids is 1. The van der Waals surface area contributed by atoms with Crippen LogP contribution in [0.5, 0.6) is 17.2 Å². The molecule has 0 bridgehead atoms. The first-order valence-corrected chi connectivity index (χ1v) is 11.9. The molecule has 6 heteroatoms. The molecule has 0 N–H and O–H groups in total. The monoisotopic (exact) mass is 449 g/mol. The minimum absolute atomic E-state index is 0.207. The van der Waals surface area contributed by atoms with Gasteiger partial charge in [0, 0.05) is 5.56 Å². The number of aliphatic imine (C=N–C) groups is 1. The van der Waals surface area contributed by atoms with Crippen molar-refractivity contribution in [3.05, 3.63) is 59.3 Å². The van der Waals surface area contributed by atoms with E-state index >= 15 is 0 Å². The van der Waals surface area contributed by atoms with E-state index in [0.29, 0.717) is 24.0 Å². The zero-order valence-corrected chi connectivity index (χ0v) is 19.2. The normalized spacial score (nSPS) is 15.6. The molecule has 0 atom stereocenters. The van der Waals surface area contributed by atoms with Gasteiger partial charge < -0.3 is 18.9 Å². The molecule has 0 fully saturated rings. The SMILES string of the molecule is CCCCCCCCCCOc1ccc(C2=N/C(=C\c3ccc4c(c3)OCO4)C(=O)O2)cc1. The summed E-state index contributed by atoms with van der Waals surface area (Å²) in [4.78, 5) is 16.7. The van der Waals surface area contributed by atoms with Crippen molar-refractivity contribution in [2.24, 2.45) is 4.99 Å². The van der Waals surface area contributed by atoms with Crippen molar-refractivity contribution < 1.29 is 23.7 Å². The second kappa shape index (κ2) is 11.5. The minimum Gasteiger partial charge on any atom is -0.494 e. The molecule has 0 spiro atoms. The minimum atomic E-state index is -0.474. The zero-order chi connectivity index (χ0) is 22.9. The van der Waals surface area contributed by atoms with E-state index < -0.39 is 5.97 Å². The molecule has 0 unspecified atom stereocenters. The maximum atomic E-state index is 12.3. The topological polar surface area (TPSA) is 66.3 Å². The summed E-state index contributed by atoms with van der Waals surface area (Å²) < 4.78 is 21.9. The molecule has 0 saturated heterocycles. The lowest BCUT2D eigenvalue weighted by Gasteiger charge is -2.07. The highest BCUT2D eigenvalue weighted by Gasteiger charge is 2.24. The first kappa shape index (κ1) is 22.9. The van der Waals surface area contributed by atoms with Crippen LogP contribution >= 0.6 is 0 Å². The lowest BCUT2D eigenvalue weighted by molar-refractivity contribution is -0.129. The molecule has 0 radical (unpaired) electrons. The summed E-state index contributed by atoms with van der Waals surface area (Å²) in [6.07, 6.45) is 11.9. The molecular weight excluding hydrogens is 418 g/mol. The zero-order valence-electron chi connectivity index (χ0n) is 19.2. The van der Waals surface area contributed by atoms with Crippen LogP contribution < -0.4 is 14.2 Å². The van der Waals surface area contributed by atoms with E-state index in [1.807, 2.05) is 42.5 Å². The predicted octanol–water partition coefficient (Wildman–Crippen LogP) is 6.28. The number of hydrogen-bond donors (Lipinski definition) is 0. The Bertz CT molecular complexity index is 1010. The van der Waals surface area contributed by atoms with Gasteiger partial charge in [-0.3, -0.25) is 0 Å². The second-order valence-electron chi connectivity index (χ2n) is 8.30. The van der Waals surface area contributed by atoms with E-state index in [4.69, 9.17) is 18.9 Å². The van der Waals surface area contributed by atoms with Gasteiger partial charge >= 0.3 is 5.97 Å². The first-order chi connectivity index (χ1) is 16.2. The van der Waals surface area contributed by atoms with E-state index in [1.165, 1.54) is 44.9 Å². The highest BCUT2D eigenvalue weighted by molar-refractivity contribution is 6.12. The van der Waals surface area contributed by atoms with Crippen molar-refractivity contribution in [1.29, 1.82) is 0 Å². The molecule has 2 heterocycles. The van der Waals surface area contributed by atoms with E-state index in [9.17, 15) is 4.79 Å². The van der Waals surface area contributed by atoms with Crippen molar-refractivity contribution in [2.45, 2.75) is 58.3 Å². The highest BCUT2D eigenvalue weighted by Crippen LogP contribution is 2.33. The van der Waals surface area contributed by atoms with Gasteiger partial charge in [-0.1, -0.05) is 57.9 Å². The van der Waals surface area contributed by atoms with Crippen LogP contribution in [-0.4, -0.2) is 25.3 Å². The van der Waals surface area contributed by atoms with Gasteiger partial charge in [0.1, 0.15) is 5.75 Å². The molecule has 2 aliphatic heterocycles. The average Bonchev–Trinajstić information content (AvgIpc) is 3.44. The summed E-state index contributed by atoms with van der Waals surface area (Å²) in [6.45, 7) is 3.17. The van der Waals surface area contributed by atoms with Crippen molar-refractivity contribution in [1.82, 2.24) is 0 Å². The molecule has 0 aromatic heterocycles. The average molecular weight is 450 g/mol. The van der Waals surface area contributed by atoms with Gasteiger partial charge in [0.15, 0.2) is 17.2 Å².